The molecular formula is C14H15N3O3S. The lowest BCUT2D eigenvalue weighted by Gasteiger charge is -2.35. The third-order valence-electron chi connectivity index (χ3n) is 3.62. The molecule has 0 spiro atoms. The minimum atomic E-state index is -3.87. The number of hydrogen-bond donors (Lipinski definition) is 0. The first-order valence-electron chi connectivity index (χ1n) is 6.60. The molecule has 6 nitrogen and oxygen atoms in total. The second-order valence-electron chi connectivity index (χ2n) is 4.98. The molecule has 0 radical (unpaired) electrons. The number of piperidine rings is 1. The van der Waals surface area contributed by atoms with Crippen molar-refractivity contribution in [2.45, 2.75) is 30.8 Å². The first-order valence-corrected chi connectivity index (χ1v) is 8.04. The van der Waals surface area contributed by atoms with Crippen LogP contribution in [0.15, 0.2) is 34.2 Å². The predicted molar refractivity (Wildman–Crippen MR) is 75.4 cm³/mol. The van der Waals surface area contributed by atoms with Crippen molar-refractivity contribution >= 4 is 16.1 Å². The quantitative estimate of drug-likeness (QED) is 0.627. The van der Waals surface area contributed by atoms with Crippen LogP contribution in [0.5, 0.6) is 0 Å². The summed E-state index contributed by atoms with van der Waals surface area (Å²) in [5, 5.41) is 9.08. The van der Waals surface area contributed by atoms with Gasteiger partial charge in [0.05, 0.1) is 5.56 Å². The normalized spacial score (nSPS) is 23.0. The van der Waals surface area contributed by atoms with Crippen molar-refractivity contribution in [1.82, 2.24) is 4.31 Å². The minimum Gasteiger partial charge on any atom is -0.211 e. The van der Waals surface area contributed by atoms with Gasteiger partial charge in [0.25, 0.3) is 0 Å². The van der Waals surface area contributed by atoms with E-state index in [2.05, 4.69) is 4.99 Å². The van der Waals surface area contributed by atoms with E-state index in [-0.39, 0.29) is 22.9 Å². The molecule has 0 amide bonds. The third kappa shape index (κ3) is 2.88. The van der Waals surface area contributed by atoms with Crippen LogP contribution >= 0.6 is 0 Å². The van der Waals surface area contributed by atoms with Crippen LogP contribution in [0.4, 0.5) is 0 Å². The Bertz CT molecular complexity index is 717. The molecule has 1 saturated heterocycles. The Labute approximate surface area is 123 Å². The number of isocyanates is 1. The van der Waals surface area contributed by atoms with Gasteiger partial charge in [-0.3, -0.25) is 0 Å². The molecule has 7 heteroatoms. The number of hydrogen-bond acceptors (Lipinski definition) is 5. The molecule has 0 aromatic heterocycles. The highest BCUT2D eigenvalue weighted by molar-refractivity contribution is 7.89. The lowest BCUT2D eigenvalue weighted by molar-refractivity contribution is 0.194. The lowest BCUT2D eigenvalue weighted by atomic mass is 9.98. The number of benzene rings is 1. The van der Waals surface area contributed by atoms with Crippen LogP contribution < -0.4 is 0 Å². The molecule has 2 rings (SSSR count). The molecule has 2 atom stereocenters. The first kappa shape index (κ1) is 15.4. The molecule has 1 aliphatic rings. The standard InChI is InChI=1S/C14H15N3O3S/c1-11-5-4-8-17(14(11)16-10-18)21(19,20)13-7-3-2-6-12(13)9-15/h2-3,6-7,11,14H,4-5,8H2,1H3. The van der Waals surface area contributed by atoms with E-state index in [9.17, 15) is 13.2 Å². The van der Waals surface area contributed by atoms with E-state index in [1.165, 1.54) is 22.5 Å². The first-order chi connectivity index (χ1) is 10.0. The Morgan fingerprint density at radius 3 is 2.76 bits per heavy atom. The zero-order valence-corrected chi connectivity index (χ0v) is 12.4. The Morgan fingerprint density at radius 2 is 2.10 bits per heavy atom. The lowest BCUT2D eigenvalue weighted by Crippen LogP contribution is -2.46. The largest absolute Gasteiger partial charge is 0.246 e. The van der Waals surface area contributed by atoms with Gasteiger partial charge in [-0.05, 0) is 30.9 Å². The molecule has 0 N–H and O–H groups in total. The monoisotopic (exact) mass is 305 g/mol. The molecule has 2 unspecified atom stereocenters. The number of nitriles is 1. The number of sulfonamides is 1. The van der Waals surface area contributed by atoms with Crippen molar-refractivity contribution < 1.29 is 13.2 Å². The molecule has 1 aromatic carbocycles. The zero-order valence-electron chi connectivity index (χ0n) is 11.6. The molecule has 1 heterocycles. The summed E-state index contributed by atoms with van der Waals surface area (Å²) >= 11 is 0. The molecular weight excluding hydrogens is 290 g/mol. The fourth-order valence-electron chi connectivity index (χ4n) is 2.55. The van der Waals surface area contributed by atoms with Crippen molar-refractivity contribution in [2.75, 3.05) is 6.54 Å². The Balaban J connectivity index is 2.51. The Morgan fingerprint density at radius 1 is 1.38 bits per heavy atom. The smallest absolute Gasteiger partial charge is 0.211 e. The van der Waals surface area contributed by atoms with E-state index < -0.39 is 16.2 Å². The maximum absolute atomic E-state index is 12.8. The van der Waals surface area contributed by atoms with Gasteiger partial charge in [0.15, 0.2) is 0 Å². The maximum atomic E-state index is 12.8. The molecule has 0 aliphatic carbocycles. The predicted octanol–water partition coefficient (Wildman–Crippen LogP) is 1.64. The number of aliphatic imine (C=N–C) groups is 1. The minimum absolute atomic E-state index is 0.0484. The third-order valence-corrected chi connectivity index (χ3v) is 5.55. The van der Waals surface area contributed by atoms with Crippen molar-refractivity contribution in [3.8, 4) is 6.07 Å². The molecule has 1 fully saturated rings. The summed E-state index contributed by atoms with van der Waals surface area (Å²) in [7, 11) is -3.87. The van der Waals surface area contributed by atoms with Gasteiger partial charge >= 0.3 is 0 Å². The van der Waals surface area contributed by atoms with Crippen LogP contribution in [-0.4, -0.2) is 31.5 Å². The molecule has 110 valence electrons. The summed E-state index contributed by atoms with van der Waals surface area (Å²) in [5.41, 5.74) is 0.0876. The van der Waals surface area contributed by atoms with E-state index in [0.29, 0.717) is 6.42 Å². The van der Waals surface area contributed by atoms with E-state index in [1.54, 1.807) is 12.1 Å². The van der Waals surface area contributed by atoms with Crippen LogP contribution in [-0.2, 0) is 14.8 Å². The average Bonchev–Trinajstić information content (AvgIpc) is 2.49. The summed E-state index contributed by atoms with van der Waals surface area (Å²) in [5.74, 6) is -0.0655. The number of nitrogens with zero attached hydrogens (tertiary/aromatic N) is 3. The summed E-state index contributed by atoms with van der Waals surface area (Å²) in [6, 6.07) is 7.92. The van der Waals surface area contributed by atoms with Crippen LogP contribution in [0.2, 0.25) is 0 Å². The Kier molecular flexibility index (Phi) is 4.53. The summed E-state index contributed by atoms with van der Waals surface area (Å²) in [4.78, 5) is 14.2. The fraction of sp³-hybridized carbons (Fsp3) is 0.429. The van der Waals surface area contributed by atoms with E-state index >= 15 is 0 Å². The van der Waals surface area contributed by atoms with Crippen molar-refractivity contribution in [1.29, 1.82) is 5.26 Å². The second kappa shape index (κ2) is 6.19. The van der Waals surface area contributed by atoms with Gasteiger partial charge in [-0.25, -0.2) is 13.2 Å². The zero-order chi connectivity index (χ0) is 15.5. The molecule has 1 aliphatic heterocycles. The molecule has 21 heavy (non-hydrogen) atoms. The van der Waals surface area contributed by atoms with E-state index in [4.69, 9.17) is 5.26 Å². The van der Waals surface area contributed by atoms with Crippen molar-refractivity contribution in [3.63, 3.8) is 0 Å². The summed E-state index contributed by atoms with van der Waals surface area (Å²) in [6.07, 6.45) is 2.19. The highest BCUT2D eigenvalue weighted by atomic mass is 32.2. The summed E-state index contributed by atoms with van der Waals surface area (Å²) < 4.78 is 26.8. The molecule has 0 bridgehead atoms. The van der Waals surface area contributed by atoms with Gasteiger partial charge in [-0.15, -0.1) is 0 Å². The maximum Gasteiger partial charge on any atom is 0.246 e. The highest BCUT2D eigenvalue weighted by Crippen LogP contribution is 2.30. The second-order valence-corrected chi connectivity index (χ2v) is 6.84. The fourth-order valence-corrected chi connectivity index (χ4v) is 4.36. The van der Waals surface area contributed by atoms with E-state index in [0.717, 1.165) is 6.42 Å². The van der Waals surface area contributed by atoms with E-state index in [1.807, 2.05) is 13.0 Å². The number of carbonyl (C=O) groups excluding carboxylic acids is 1. The molecule has 1 aromatic rings. The number of rotatable bonds is 3. The average molecular weight is 305 g/mol. The van der Waals surface area contributed by atoms with Gasteiger partial charge in [-0.2, -0.15) is 14.6 Å². The van der Waals surface area contributed by atoms with Crippen LogP contribution in [0, 0.1) is 17.2 Å². The highest BCUT2D eigenvalue weighted by Gasteiger charge is 2.38. The van der Waals surface area contributed by atoms with Crippen molar-refractivity contribution in [2.24, 2.45) is 10.9 Å². The SMILES string of the molecule is CC1CCCN(S(=O)(=O)c2ccccc2C#N)C1N=C=O. The van der Waals surface area contributed by atoms with Crippen LogP contribution in [0.1, 0.15) is 25.3 Å². The van der Waals surface area contributed by atoms with Crippen LogP contribution in [0.25, 0.3) is 0 Å². The van der Waals surface area contributed by atoms with Gasteiger partial charge in [-0.1, -0.05) is 19.1 Å². The van der Waals surface area contributed by atoms with Gasteiger partial charge in [0.2, 0.25) is 16.1 Å². The molecule has 0 saturated carbocycles. The van der Waals surface area contributed by atoms with Crippen LogP contribution in [0.3, 0.4) is 0 Å². The van der Waals surface area contributed by atoms with Crippen molar-refractivity contribution in [3.05, 3.63) is 29.8 Å². The topological polar surface area (TPSA) is 90.6 Å². The van der Waals surface area contributed by atoms with Gasteiger partial charge in [0.1, 0.15) is 17.1 Å². The van der Waals surface area contributed by atoms with Gasteiger partial charge in [0, 0.05) is 6.54 Å². The van der Waals surface area contributed by atoms with Gasteiger partial charge < -0.3 is 0 Å². The summed E-state index contributed by atoms with van der Waals surface area (Å²) in [6.45, 7) is 2.13. The Hall–Kier alpha value is -2.00.